The zero-order valence-electron chi connectivity index (χ0n) is 8.01. The molecule has 0 saturated carbocycles. The third kappa shape index (κ3) is 1.52. The quantitative estimate of drug-likeness (QED) is 0.275. The predicted molar refractivity (Wildman–Crippen MR) is 55.6 cm³/mol. The molecule has 1 aliphatic rings. The van der Waals surface area contributed by atoms with Crippen LogP contribution in [-0.2, 0) is 6.42 Å². The lowest BCUT2D eigenvalue weighted by molar-refractivity contribution is 0.318. The van der Waals surface area contributed by atoms with Crippen molar-refractivity contribution >= 4 is 11.5 Å². The Bertz CT molecular complexity index is 452. The van der Waals surface area contributed by atoms with Crippen molar-refractivity contribution < 1.29 is 10.4 Å². The Morgan fingerprint density at radius 3 is 2.73 bits per heavy atom. The molecule has 0 spiro atoms. The summed E-state index contributed by atoms with van der Waals surface area (Å²) in [5.74, 6) is 0.0900. The summed E-state index contributed by atoms with van der Waals surface area (Å²) in [5, 5.41) is 23.4. The van der Waals surface area contributed by atoms with Crippen molar-refractivity contribution in [3.63, 3.8) is 0 Å². The second-order valence-electron chi connectivity index (χ2n) is 3.40. The molecule has 0 aromatic heterocycles. The molecule has 1 aromatic rings. The molecule has 1 aliphatic carbocycles. The molecular formula is C10H11N3O2. The van der Waals surface area contributed by atoms with Gasteiger partial charge in [-0.05, 0) is 24.5 Å². The third-order valence-electron chi connectivity index (χ3n) is 2.57. The molecule has 0 aliphatic heterocycles. The van der Waals surface area contributed by atoms with E-state index in [1.54, 1.807) is 6.07 Å². The van der Waals surface area contributed by atoms with Crippen molar-refractivity contribution in [2.45, 2.75) is 12.8 Å². The molecule has 0 amide bonds. The number of hydrogen-bond acceptors (Lipinski definition) is 4. The van der Waals surface area contributed by atoms with Gasteiger partial charge in [0.1, 0.15) is 0 Å². The third-order valence-corrected chi connectivity index (χ3v) is 2.57. The molecule has 78 valence electrons. The molecule has 0 heterocycles. The summed E-state index contributed by atoms with van der Waals surface area (Å²) < 4.78 is 0. The van der Waals surface area contributed by atoms with Gasteiger partial charge in [0.25, 0.3) is 0 Å². The van der Waals surface area contributed by atoms with Gasteiger partial charge in [-0.3, -0.25) is 0 Å². The monoisotopic (exact) mass is 205 g/mol. The lowest BCUT2D eigenvalue weighted by atomic mass is 10.1. The highest BCUT2D eigenvalue weighted by Crippen LogP contribution is 2.23. The fourth-order valence-electron chi connectivity index (χ4n) is 1.79. The summed E-state index contributed by atoms with van der Waals surface area (Å²) in [6, 6.07) is 5.41. The van der Waals surface area contributed by atoms with Crippen LogP contribution in [0, 0.1) is 0 Å². The topological polar surface area (TPSA) is 91.2 Å². The molecule has 15 heavy (non-hydrogen) atoms. The van der Waals surface area contributed by atoms with Crippen LogP contribution >= 0.6 is 0 Å². The molecule has 0 fully saturated rings. The van der Waals surface area contributed by atoms with E-state index in [-0.39, 0.29) is 5.84 Å². The summed E-state index contributed by atoms with van der Waals surface area (Å²) in [6.45, 7) is 0. The zero-order chi connectivity index (χ0) is 10.8. The van der Waals surface area contributed by atoms with E-state index in [4.69, 9.17) is 16.1 Å². The van der Waals surface area contributed by atoms with E-state index in [0.717, 1.165) is 24.0 Å². The smallest absolute Gasteiger partial charge is 0.170 e. The molecule has 0 bridgehead atoms. The van der Waals surface area contributed by atoms with Gasteiger partial charge in [0.15, 0.2) is 5.84 Å². The van der Waals surface area contributed by atoms with E-state index in [9.17, 15) is 0 Å². The average Bonchev–Trinajstić information content (AvgIpc) is 2.69. The van der Waals surface area contributed by atoms with Crippen molar-refractivity contribution in [3.8, 4) is 0 Å². The highest BCUT2D eigenvalue weighted by Gasteiger charge is 2.18. The largest absolute Gasteiger partial charge is 0.411 e. The summed E-state index contributed by atoms with van der Waals surface area (Å²) in [5.41, 5.74) is 8.84. The number of hydrogen-bond donors (Lipinski definition) is 3. The Morgan fingerprint density at radius 2 is 2.07 bits per heavy atom. The van der Waals surface area contributed by atoms with Gasteiger partial charge in [-0.1, -0.05) is 22.4 Å². The van der Waals surface area contributed by atoms with Crippen LogP contribution in [0.25, 0.3) is 0 Å². The Kier molecular flexibility index (Phi) is 2.29. The van der Waals surface area contributed by atoms with Crippen molar-refractivity contribution in [1.82, 2.24) is 0 Å². The molecule has 4 N–H and O–H groups in total. The van der Waals surface area contributed by atoms with Crippen LogP contribution in [0.4, 0.5) is 0 Å². The highest BCUT2D eigenvalue weighted by atomic mass is 16.4. The van der Waals surface area contributed by atoms with Crippen LogP contribution in [0.15, 0.2) is 28.5 Å². The Hall–Kier alpha value is -2.04. The van der Waals surface area contributed by atoms with Gasteiger partial charge < -0.3 is 16.1 Å². The van der Waals surface area contributed by atoms with Gasteiger partial charge in [-0.2, -0.15) is 0 Å². The molecule has 2 rings (SSSR count). The molecule has 0 atom stereocenters. The van der Waals surface area contributed by atoms with Gasteiger partial charge in [-0.25, -0.2) is 0 Å². The van der Waals surface area contributed by atoms with Crippen LogP contribution in [0.3, 0.4) is 0 Å². The van der Waals surface area contributed by atoms with Gasteiger partial charge in [0.05, 0.1) is 5.71 Å². The SMILES string of the molecule is NC(=NO)c1ccc2c(c1)CC/C2=N\O. The van der Waals surface area contributed by atoms with E-state index >= 15 is 0 Å². The normalized spacial score (nSPS) is 18.1. The lowest BCUT2D eigenvalue weighted by Crippen LogP contribution is -2.13. The molecule has 0 saturated heterocycles. The first-order valence-electron chi connectivity index (χ1n) is 4.58. The van der Waals surface area contributed by atoms with E-state index in [2.05, 4.69) is 10.3 Å². The summed E-state index contributed by atoms with van der Waals surface area (Å²) in [7, 11) is 0. The van der Waals surface area contributed by atoms with Gasteiger partial charge in [0, 0.05) is 11.1 Å². The summed E-state index contributed by atoms with van der Waals surface area (Å²) >= 11 is 0. The summed E-state index contributed by atoms with van der Waals surface area (Å²) in [4.78, 5) is 0. The maximum Gasteiger partial charge on any atom is 0.170 e. The maximum atomic E-state index is 8.74. The number of benzene rings is 1. The number of nitrogens with two attached hydrogens (primary N) is 1. The van der Waals surface area contributed by atoms with Crippen molar-refractivity contribution in [2.24, 2.45) is 16.0 Å². The van der Waals surface area contributed by atoms with Crippen molar-refractivity contribution in [2.75, 3.05) is 0 Å². The van der Waals surface area contributed by atoms with Crippen LogP contribution in [-0.4, -0.2) is 22.0 Å². The number of rotatable bonds is 1. The van der Waals surface area contributed by atoms with E-state index in [1.165, 1.54) is 0 Å². The standard InChI is InChI=1S/C10H11N3O2/c11-10(13-15)7-1-3-8-6(5-7)2-4-9(8)12-14/h1,3,5,14-15H,2,4H2,(H2,11,13)/b12-9+. The molecule has 5 heteroatoms. The summed E-state index contributed by atoms with van der Waals surface area (Å²) in [6.07, 6.45) is 1.55. The number of aryl methyl sites for hydroxylation is 1. The average molecular weight is 205 g/mol. The highest BCUT2D eigenvalue weighted by molar-refractivity contribution is 6.05. The molecule has 5 nitrogen and oxygen atoms in total. The Balaban J connectivity index is 2.46. The van der Waals surface area contributed by atoms with Crippen molar-refractivity contribution in [3.05, 3.63) is 34.9 Å². The number of nitrogens with zero attached hydrogens (tertiary/aromatic N) is 2. The fourth-order valence-corrected chi connectivity index (χ4v) is 1.79. The van der Waals surface area contributed by atoms with Gasteiger partial charge in [0.2, 0.25) is 0 Å². The van der Waals surface area contributed by atoms with Gasteiger partial charge >= 0.3 is 0 Å². The Morgan fingerprint density at radius 1 is 1.27 bits per heavy atom. The number of fused-ring (bicyclic) bond motifs is 1. The minimum atomic E-state index is 0.0900. The predicted octanol–water partition coefficient (Wildman–Crippen LogP) is 0.906. The van der Waals surface area contributed by atoms with Crippen molar-refractivity contribution in [1.29, 1.82) is 0 Å². The van der Waals surface area contributed by atoms with Crippen LogP contribution in [0.2, 0.25) is 0 Å². The maximum absolute atomic E-state index is 8.74. The lowest BCUT2D eigenvalue weighted by Gasteiger charge is -2.02. The van der Waals surface area contributed by atoms with E-state index in [0.29, 0.717) is 11.3 Å². The minimum Gasteiger partial charge on any atom is -0.411 e. The Labute approximate surface area is 86.5 Å². The van der Waals surface area contributed by atoms with E-state index in [1.807, 2.05) is 12.1 Å². The first-order chi connectivity index (χ1) is 7.26. The number of amidine groups is 1. The first kappa shape index (κ1) is 9.51. The van der Waals surface area contributed by atoms with Crippen LogP contribution in [0.1, 0.15) is 23.1 Å². The van der Waals surface area contributed by atoms with E-state index < -0.39 is 0 Å². The molecular weight excluding hydrogens is 194 g/mol. The minimum absolute atomic E-state index is 0.0900. The molecule has 1 aromatic carbocycles. The second-order valence-corrected chi connectivity index (χ2v) is 3.40. The fraction of sp³-hybridized carbons (Fsp3) is 0.200. The second kappa shape index (κ2) is 3.61. The van der Waals surface area contributed by atoms with Crippen LogP contribution in [0.5, 0.6) is 0 Å². The number of oxime groups is 2. The first-order valence-corrected chi connectivity index (χ1v) is 4.58. The zero-order valence-corrected chi connectivity index (χ0v) is 8.01. The van der Waals surface area contributed by atoms with Crippen LogP contribution < -0.4 is 5.73 Å². The molecule has 0 radical (unpaired) electrons. The van der Waals surface area contributed by atoms with Gasteiger partial charge in [-0.15, -0.1) is 0 Å². The molecule has 0 unspecified atom stereocenters.